The van der Waals surface area contributed by atoms with Crippen LogP contribution in [0.15, 0.2) is 4.63 Å². The van der Waals surface area contributed by atoms with Crippen molar-refractivity contribution in [2.45, 2.75) is 0 Å². The molecule has 2 rings (SSSR count). The summed E-state index contributed by atoms with van der Waals surface area (Å²) in [6.45, 7) is 0. The Balaban J connectivity index is 2.99. The van der Waals surface area contributed by atoms with Gasteiger partial charge in [0.05, 0.1) is 0 Å². The predicted octanol–water partition coefficient (Wildman–Crippen LogP) is -1.35. The second-order valence-corrected chi connectivity index (χ2v) is 2.24. The molecule has 0 saturated carbocycles. The van der Waals surface area contributed by atoms with Gasteiger partial charge in [-0.05, 0) is 0 Å². The number of aromatic nitrogens is 5. The maximum atomic E-state index is 7.12. The van der Waals surface area contributed by atoms with Crippen molar-refractivity contribution in [1.82, 2.24) is 24.5 Å². The second kappa shape index (κ2) is 1.95. The minimum Gasteiger partial charge on any atom is -0.298 e. The maximum absolute atomic E-state index is 7.12. The fourth-order valence-electron chi connectivity index (χ4n) is 0.670. The zero-order chi connectivity index (χ0) is 7.84. The van der Waals surface area contributed by atoms with Crippen LogP contribution in [0.1, 0.15) is 0 Å². The number of aromatic amines is 2. The standard InChI is InChI=1S/C3H3N6OSi/c4-1-5-2-7-3(6-1)9(11)10-8-2/h(H3,4,5,6,7,8). The molecule has 11 heavy (non-hydrogen) atoms. The van der Waals surface area contributed by atoms with Crippen LogP contribution in [0.25, 0.3) is 11.6 Å². The van der Waals surface area contributed by atoms with E-state index in [1.54, 1.807) is 0 Å². The largest absolute Gasteiger partial charge is 0.298 e. The molecular formula is C3H3N6OSi. The molecule has 7 nitrogen and oxygen atoms in total. The van der Waals surface area contributed by atoms with E-state index >= 15 is 0 Å². The van der Waals surface area contributed by atoms with Crippen LogP contribution in [-0.4, -0.2) is 34.9 Å². The first kappa shape index (κ1) is 6.16. The molecule has 55 valence electrons. The van der Waals surface area contributed by atoms with Crippen LogP contribution < -0.4 is 5.62 Å². The van der Waals surface area contributed by atoms with Crippen LogP contribution in [0.3, 0.4) is 0 Å². The highest BCUT2D eigenvalue weighted by molar-refractivity contribution is 6.07. The third kappa shape index (κ3) is 0.922. The zero-order valence-electron chi connectivity index (χ0n) is 5.25. The summed E-state index contributed by atoms with van der Waals surface area (Å²) >= 11 is 0. The summed E-state index contributed by atoms with van der Waals surface area (Å²) < 4.78 is 5.94. The number of nitrogens with one attached hydrogen (secondary N) is 3. The van der Waals surface area contributed by atoms with Gasteiger partial charge in [-0.2, -0.15) is 19.5 Å². The van der Waals surface area contributed by atoms with E-state index in [1.807, 2.05) is 0 Å². The molecule has 0 spiro atoms. The fourth-order valence-corrected chi connectivity index (χ4v) is 0.821. The van der Waals surface area contributed by atoms with Crippen LogP contribution in [-0.2, 0) is 0 Å². The van der Waals surface area contributed by atoms with Gasteiger partial charge in [-0.25, -0.2) is 0 Å². The molecule has 3 N–H and O–H groups in total. The van der Waals surface area contributed by atoms with Gasteiger partial charge in [0, 0.05) is 0 Å². The van der Waals surface area contributed by atoms with Crippen molar-refractivity contribution in [2.24, 2.45) is 0 Å². The highest BCUT2D eigenvalue weighted by atomic mass is 28.2. The first-order valence-corrected chi connectivity index (χ1v) is 3.18. The van der Waals surface area contributed by atoms with Gasteiger partial charge < -0.3 is 0 Å². The Hall–Kier alpha value is -1.57. The molecule has 2 heterocycles. The summed E-state index contributed by atoms with van der Waals surface area (Å²) in [6, 6.07) is 0. The van der Waals surface area contributed by atoms with E-state index in [-0.39, 0.29) is 5.62 Å². The van der Waals surface area contributed by atoms with Gasteiger partial charge in [-0.3, -0.25) is 15.0 Å². The minimum absolute atomic E-state index is 0.0761. The Bertz CT molecular complexity index is 444. The average Bonchev–Trinajstić information content (AvgIpc) is 1.97. The molecule has 2 bridgehead atoms. The Morgan fingerprint density at radius 1 is 1.55 bits per heavy atom. The number of fused-ring (bicyclic) bond motifs is 2. The van der Waals surface area contributed by atoms with E-state index in [0.29, 0.717) is 11.6 Å². The van der Waals surface area contributed by atoms with Gasteiger partial charge in [0.25, 0.3) is 10.4 Å². The monoisotopic (exact) mass is 167 g/mol. The maximum Gasteiger partial charge on any atom is 0.258 e. The Morgan fingerprint density at radius 3 is 3.18 bits per heavy atom. The molecule has 0 aliphatic heterocycles. The molecule has 2 aromatic rings. The molecule has 0 aliphatic rings. The van der Waals surface area contributed by atoms with Crippen molar-refractivity contribution < 1.29 is 4.63 Å². The topological polar surface area (TPSA) is 99.3 Å². The quantitative estimate of drug-likeness (QED) is 0.423. The van der Waals surface area contributed by atoms with Crippen LogP contribution >= 0.6 is 0 Å². The first-order valence-electron chi connectivity index (χ1n) is 2.73. The van der Waals surface area contributed by atoms with Crippen LogP contribution in [0.5, 0.6) is 0 Å². The van der Waals surface area contributed by atoms with Gasteiger partial charge in [0.2, 0.25) is 17.2 Å². The lowest BCUT2D eigenvalue weighted by Gasteiger charge is -2.00. The summed E-state index contributed by atoms with van der Waals surface area (Å²) in [6.07, 6.45) is 0. The predicted molar refractivity (Wildman–Crippen MR) is 34.3 cm³/mol. The lowest BCUT2D eigenvalue weighted by molar-refractivity contribution is 0.258. The molecule has 8 heteroatoms. The number of hydrogen-bond donors (Lipinski definition) is 3. The highest BCUT2D eigenvalue weighted by Gasteiger charge is 1.95. The number of rotatable bonds is 0. The zero-order valence-corrected chi connectivity index (χ0v) is 6.25. The molecule has 0 aromatic carbocycles. The molecule has 0 aliphatic carbocycles. The average molecular weight is 167 g/mol. The first-order chi connectivity index (χ1) is 5.25. The molecule has 0 atom stereocenters. The molecule has 0 fully saturated rings. The van der Waals surface area contributed by atoms with Crippen molar-refractivity contribution in [3.8, 4) is 0 Å². The van der Waals surface area contributed by atoms with E-state index in [4.69, 9.17) is 10.0 Å². The van der Waals surface area contributed by atoms with Crippen molar-refractivity contribution >= 4 is 22.0 Å². The molecule has 2 aromatic heterocycles. The summed E-state index contributed by atoms with van der Waals surface area (Å²) in [5, 5.41) is 9.54. The van der Waals surface area contributed by atoms with Crippen molar-refractivity contribution in [3.05, 3.63) is 5.62 Å². The Morgan fingerprint density at radius 2 is 2.36 bits per heavy atom. The second-order valence-electron chi connectivity index (χ2n) is 1.83. The lowest BCUT2D eigenvalue weighted by Crippen LogP contribution is -2.16. The summed E-state index contributed by atoms with van der Waals surface area (Å²) in [5.41, 5.74) is -0.0761. The van der Waals surface area contributed by atoms with Gasteiger partial charge in [0.1, 0.15) is 0 Å². The van der Waals surface area contributed by atoms with E-state index in [1.165, 1.54) is 4.41 Å². The van der Waals surface area contributed by atoms with Gasteiger partial charge in [0.15, 0.2) is 0 Å². The normalized spacial score (nSPS) is 10.6. The van der Waals surface area contributed by atoms with Crippen LogP contribution in [0.4, 0.5) is 0 Å². The molecule has 0 unspecified atom stereocenters. The van der Waals surface area contributed by atoms with Gasteiger partial charge in [-0.1, -0.05) is 0 Å². The van der Waals surface area contributed by atoms with E-state index < -0.39 is 0 Å². The Kier molecular flexibility index (Phi) is 1.09. The summed E-state index contributed by atoms with van der Waals surface area (Å²) in [7, 11) is 3.06. The lowest BCUT2D eigenvalue weighted by atomic mass is 10.9. The Labute approximate surface area is 63.1 Å². The summed E-state index contributed by atoms with van der Waals surface area (Å²) in [4.78, 5) is 10.1. The molecule has 0 amide bonds. The smallest absolute Gasteiger partial charge is 0.258 e. The van der Waals surface area contributed by atoms with Gasteiger partial charge >= 0.3 is 0 Å². The van der Waals surface area contributed by atoms with E-state index in [0.717, 1.165) is 0 Å². The third-order valence-corrected chi connectivity index (χ3v) is 1.39. The fraction of sp³-hybridized carbons (Fsp3) is 0. The minimum atomic E-state index is -0.0761. The molecule has 0 saturated heterocycles. The number of nitrogens with zero attached hydrogens (tertiary/aromatic N) is 3. The van der Waals surface area contributed by atoms with Crippen LogP contribution in [0, 0.1) is 5.41 Å². The van der Waals surface area contributed by atoms with Crippen LogP contribution in [0.2, 0.25) is 0 Å². The van der Waals surface area contributed by atoms with E-state index in [9.17, 15) is 0 Å². The SMILES string of the molecule is N=c1nc2[nH]on([Si])c(n1)[nH]2. The van der Waals surface area contributed by atoms with E-state index in [2.05, 4.69) is 30.5 Å². The summed E-state index contributed by atoms with van der Waals surface area (Å²) in [5.74, 6) is 0.727. The number of H-pyrrole nitrogens is 2. The van der Waals surface area contributed by atoms with Crippen molar-refractivity contribution in [1.29, 1.82) is 5.41 Å². The van der Waals surface area contributed by atoms with Crippen molar-refractivity contribution in [2.75, 3.05) is 0 Å². The molecule has 3 radical (unpaired) electrons. The third-order valence-electron chi connectivity index (χ3n) is 1.09. The molecular weight excluding hydrogens is 164 g/mol. The highest BCUT2D eigenvalue weighted by Crippen LogP contribution is 1.88. The number of hydrogen-bond acceptors (Lipinski definition) is 4. The van der Waals surface area contributed by atoms with Gasteiger partial charge in [-0.15, -0.1) is 0 Å². The van der Waals surface area contributed by atoms with Crippen molar-refractivity contribution in [3.63, 3.8) is 0 Å².